The van der Waals surface area contributed by atoms with Gasteiger partial charge in [-0.25, -0.2) is 0 Å². The number of nitrogens with zero attached hydrogens (tertiary/aromatic N) is 1. The third kappa shape index (κ3) is 2.93. The molecule has 0 saturated carbocycles. The van der Waals surface area contributed by atoms with Gasteiger partial charge in [0.2, 0.25) is 5.91 Å². The third-order valence-corrected chi connectivity index (χ3v) is 4.26. The van der Waals surface area contributed by atoms with E-state index in [9.17, 15) is 4.79 Å². The van der Waals surface area contributed by atoms with Crippen LogP contribution in [0.5, 0.6) is 0 Å². The van der Waals surface area contributed by atoms with E-state index in [1.807, 2.05) is 24.3 Å². The summed E-state index contributed by atoms with van der Waals surface area (Å²) in [5.74, 6) is 0.212. The predicted molar refractivity (Wildman–Crippen MR) is 76.8 cm³/mol. The average molecular weight is 329 g/mol. The number of aliphatic imine (C=N–C) groups is 1. The molecule has 2 N–H and O–H groups in total. The largest absolute Gasteiger partial charge is 0.370 e. The first kappa shape index (κ1) is 13.6. The van der Waals surface area contributed by atoms with E-state index < -0.39 is 6.04 Å². The molecule has 1 amide bonds. The van der Waals surface area contributed by atoms with Crippen LogP contribution >= 0.6 is 27.7 Å². The van der Waals surface area contributed by atoms with Gasteiger partial charge in [0.25, 0.3) is 0 Å². The van der Waals surface area contributed by atoms with Crippen LogP contribution in [0.25, 0.3) is 0 Å². The van der Waals surface area contributed by atoms with E-state index in [0.29, 0.717) is 5.75 Å². The molecule has 0 fully saturated rings. The van der Waals surface area contributed by atoms with Gasteiger partial charge in [0.1, 0.15) is 17.2 Å². The summed E-state index contributed by atoms with van der Waals surface area (Å²) in [6.07, 6.45) is -0.229. The lowest BCUT2D eigenvalue weighted by atomic mass is 10.1. The summed E-state index contributed by atoms with van der Waals surface area (Å²) in [6, 6.07) is 7.41. The second-order valence-corrected chi connectivity index (χ2v) is 5.82. The quantitative estimate of drug-likeness (QED) is 0.920. The minimum atomic E-state index is -0.432. The Morgan fingerprint density at radius 3 is 2.72 bits per heavy atom. The highest BCUT2D eigenvalue weighted by Gasteiger charge is 2.28. The standard InChI is InChI=1S/C12H13BrN2O2S/c1-17-10(7-2-4-8(13)5-3-7)12-15-9(6-18-12)11(14)16/h2-5,9-10H,6H2,1H3,(H2,14,16). The molecule has 2 unspecified atom stereocenters. The summed E-state index contributed by atoms with van der Waals surface area (Å²) in [5, 5.41) is 0.809. The number of halogens is 1. The molecular weight excluding hydrogens is 316 g/mol. The number of nitrogens with two attached hydrogens (primary N) is 1. The fraction of sp³-hybridized carbons (Fsp3) is 0.333. The van der Waals surface area contributed by atoms with Gasteiger partial charge in [-0.2, -0.15) is 0 Å². The summed E-state index contributed by atoms with van der Waals surface area (Å²) < 4.78 is 6.48. The number of benzene rings is 1. The Balaban J connectivity index is 2.22. The number of carbonyl (C=O) groups is 1. The Labute approximate surface area is 118 Å². The topological polar surface area (TPSA) is 64.7 Å². The van der Waals surface area contributed by atoms with Crippen molar-refractivity contribution in [3.8, 4) is 0 Å². The van der Waals surface area contributed by atoms with Gasteiger partial charge >= 0.3 is 0 Å². The number of rotatable bonds is 4. The van der Waals surface area contributed by atoms with Crippen molar-refractivity contribution in [3.05, 3.63) is 34.3 Å². The minimum Gasteiger partial charge on any atom is -0.370 e. The summed E-state index contributed by atoms with van der Waals surface area (Å²) >= 11 is 4.91. The zero-order valence-corrected chi connectivity index (χ0v) is 12.2. The average Bonchev–Trinajstić information content (AvgIpc) is 2.82. The highest BCUT2D eigenvalue weighted by molar-refractivity contribution is 9.10. The Morgan fingerprint density at radius 2 is 2.22 bits per heavy atom. The lowest BCUT2D eigenvalue weighted by Crippen LogP contribution is -2.26. The van der Waals surface area contributed by atoms with Crippen molar-refractivity contribution in [1.82, 2.24) is 0 Å². The molecule has 18 heavy (non-hydrogen) atoms. The summed E-state index contributed by atoms with van der Waals surface area (Å²) in [7, 11) is 1.63. The van der Waals surface area contributed by atoms with Crippen molar-refractivity contribution >= 4 is 38.6 Å². The fourth-order valence-electron chi connectivity index (χ4n) is 1.70. The third-order valence-electron chi connectivity index (χ3n) is 2.63. The SMILES string of the molecule is COC(C1=NC(C(N)=O)CS1)c1ccc(Br)cc1. The van der Waals surface area contributed by atoms with Crippen LogP contribution in [0, 0.1) is 0 Å². The maximum Gasteiger partial charge on any atom is 0.243 e. The minimum absolute atomic E-state index is 0.229. The van der Waals surface area contributed by atoms with E-state index in [-0.39, 0.29) is 12.0 Å². The van der Waals surface area contributed by atoms with Gasteiger partial charge in [-0.3, -0.25) is 9.79 Å². The van der Waals surface area contributed by atoms with Crippen molar-refractivity contribution in [1.29, 1.82) is 0 Å². The van der Waals surface area contributed by atoms with Crippen LogP contribution in [0.3, 0.4) is 0 Å². The van der Waals surface area contributed by atoms with Crippen LogP contribution in [0.4, 0.5) is 0 Å². The molecule has 1 aromatic carbocycles. The number of amides is 1. The zero-order valence-electron chi connectivity index (χ0n) is 9.80. The van der Waals surface area contributed by atoms with E-state index in [4.69, 9.17) is 10.5 Å². The molecule has 0 spiro atoms. The van der Waals surface area contributed by atoms with Gasteiger partial charge in [0.05, 0.1) is 0 Å². The molecule has 1 aliphatic rings. The first-order chi connectivity index (χ1) is 8.61. The second kappa shape index (κ2) is 5.86. The molecule has 0 saturated heterocycles. The summed E-state index contributed by atoms with van der Waals surface area (Å²) in [5.41, 5.74) is 6.26. The molecule has 1 aromatic rings. The smallest absolute Gasteiger partial charge is 0.243 e. The maximum atomic E-state index is 11.1. The molecule has 96 valence electrons. The van der Waals surface area contributed by atoms with E-state index in [0.717, 1.165) is 15.1 Å². The van der Waals surface area contributed by atoms with Crippen LogP contribution in [-0.2, 0) is 9.53 Å². The Bertz CT molecular complexity index is 475. The number of hydrogen-bond acceptors (Lipinski definition) is 4. The zero-order chi connectivity index (χ0) is 13.1. The van der Waals surface area contributed by atoms with Gasteiger partial charge in [-0.05, 0) is 17.7 Å². The van der Waals surface area contributed by atoms with Crippen LogP contribution in [0.15, 0.2) is 33.7 Å². The molecule has 1 aliphatic heterocycles. The molecule has 0 radical (unpaired) electrons. The van der Waals surface area contributed by atoms with Crippen LogP contribution < -0.4 is 5.73 Å². The van der Waals surface area contributed by atoms with Gasteiger partial charge in [0, 0.05) is 17.3 Å². The van der Waals surface area contributed by atoms with Crippen LogP contribution in [0.2, 0.25) is 0 Å². The highest BCUT2D eigenvalue weighted by atomic mass is 79.9. The highest BCUT2D eigenvalue weighted by Crippen LogP contribution is 2.30. The molecule has 1 heterocycles. The number of methoxy groups -OCH3 is 1. The van der Waals surface area contributed by atoms with Crippen molar-refractivity contribution in [3.63, 3.8) is 0 Å². The molecule has 0 bridgehead atoms. The number of hydrogen-bond donors (Lipinski definition) is 1. The van der Waals surface area contributed by atoms with E-state index in [2.05, 4.69) is 20.9 Å². The normalized spacial score (nSPS) is 20.6. The Hall–Kier alpha value is -0.850. The van der Waals surface area contributed by atoms with Crippen LogP contribution in [-0.4, -0.2) is 29.9 Å². The van der Waals surface area contributed by atoms with E-state index >= 15 is 0 Å². The Kier molecular flexibility index (Phi) is 4.42. The molecule has 0 aliphatic carbocycles. The van der Waals surface area contributed by atoms with Gasteiger partial charge < -0.3 is 10.5 Å². The Morgan fingerprint density at radius 1 is 1.56 bits per heavy atom. The maximum absolute atomic E-state index is 11.1. The van der Waals surface area contributed by atoms with Gasteiger partial charge in [-0.1, -0.05) is 28.1 Å². The van der Waals surface area contributed by atoms with Crippen molar-refractivity contribution in [2.45, 2.75) is 12.1 Å². The van der Waals surface area contributed by atoms with Crippen LogP contribution in [0.1, 0.15) is 11.7 Å². The fourth-order valence-corrected chi connectivity index (χ4v) is 3.12. The number of ether oxygens (including phenoxy) is 1. The second-order valence-electron chi connectivity index (χ2n) is 3.86. The number of carbonyl (C=O) groups excluding carboxylic acids is 1. The molecule has 6 heteroatoms. The van der Waals surface area contributed by atoms with Gasteiger partial charge in [0.15, 0.2) is 0 Å². The van der Waals surface area contributed by atoms with Crippen molar-refractivity contribution in [2.75, 3.05) is 12.9 Å². The summed E-state index contributed by atoms with van der Waals surface area (Å²) in [6.45, 7) is 0. The predicted octanol–water partition coefficient (Wildman–Crippen LogP) is 2.14. The first-order valence-corrected chi connectivity index (χ1v) is 7.17. The molecular formula is C12H13BrN2O2S. The molecule has 2 atom stereocenters. The molecule has 0 aromatic heterocycles. The first-order valence-electron chi connectivity index (χ1n) is 5.40. The lowest BCUT2D eigenvalue weighted by molar-refractivity contribution is -0.118. The number of thioether (sulfide) groups is 1. The van der Waals surface area contributed by atoms with E-state index in [1.54, 1.807) is 7.11 Å². The van der Waals surface area contributed by atoms with Crippen molar-refractivity contribution in [2.24, 2.45) is 10.7 Å². The molecule has 4 nitrogen and oxygen atoms in total. The lowest BCUT2D eigenvalue weighted by Gasteiger charge is -2.15. The summed E-state index contributed by atoms with van der Waals surface area (Å²) in [4.78, 5) is 15.4. The number of primary amides is 1. The monoisotopic (exact) mass is 328 g/mol. The van der Waals surface area contributed by atoms with Gasteiger partial charge in [-0.15, -0.1) is 11.8 Å². The van der Waals surface area contributed by atoms with E-state index in [1.165, 1.54) is 11.8 Å². The van der Waals surface area contributed by atoms with Crippen molar-refractivity contribution < 1.29 is 9.53 Å². The molecule has 2 rings (SSSR count).